The summed E-state index contributed by atoms with van der Waals surface area (Å²) in [6.45, 7) is 1.34. The van der Waals surface area contributed by atoms with Gasteiger partial charge < -0.3 is 15.4 Å². The zero-order valence-electron chi connectivity index (χ0n) is 10.7. The van der Waals surface area contributed by atoms with Crippen LogP contribution in [0.4, 0.5) is 5.69 Å². The van der Waals surface area contributed by atoms with Crippen molar-refractivity contribution in [2.45, 2.75) is 12.6 Å². The van der Waals surface area contributed by atoms with Crippen molar-refractivity contribution in [3.05, 3.63) is 28.2 Å². The summed E-state index contributed by atoms with van der Waals surface area (Å²) >= 11 is 5.29. The number of carbonyl (C=O) groups is 1. The maximum Gasteiger partial charge on any atom is 0.242 e. The number of thioether (sulfide) groups is 1. The Morgan fingerprint density at radius 2 is 2.47 bits per heavy atom. The molecule has 1 unspecified atom stereocenters. The van der Waals surface area contributed by atoms with E-state index >= 15 is 0 Å². The number of rotatable bonds is 4. The minimum atomic E-state index is -0.117. The fourth-order valence-corrected chi connectivity index (χ4v) is 3.33. The highest BCUT2D eigenvalue weighted by atomic mass is 79.9. The van der Waals surface area contributed by atoms with Crippen LogP contribution >= 0.6 is 27.7 Å². The van der Waals surface area contributed by atoms with Gasteiger partial charge in [-0.05, 0) is 12.1 Å². The van der Waals surface area contributed by atoms with Crippen molar-refractivity contribution in [2.24, 2.45) is 0 Å². The van der Waals surface area contributed by atoms with Crippen LogP contribution in [0.15, 0.2) is 22.7 Å². The molecule has 19 heavy (non-hydrogen) atoms. The summed E-state index contributed by atoms with van der Waals surface area (Å²) in [4.78, 5) is 12.2. The summed E-state index contributed by atoms with van der Waals surface area (Å²) in [5, 5.41) is 6.21. The largest absolute Gasteiger partial charge is 0.380 e. The minimum Gasteiger partial charge on any atom is -0.380 e. The molecule has 2 N–H and O–H groups in total. The molecule has 1 aromatic carbocycles. The second-order valence-electron chi connectivity index (χ2n) is 4.27. The molecule has 4 nitrogen and oxygen atoms in total. The van der Waals surface area contributed by atoms with Gasteiger partial charge in [-0.15, -0.1) is 0 Å². The van der Waals surface area contributed by atoms with Crippen molar-refractivity contribution in [3.8, 4) is 0 Å². The van der Waals surface area contributed by atoms with Gasteiger partial charge in [0.1, 0.15) is 0 Å². The predicted molar refractivity (Wildman–Crippen MR) is 82.6 cm³/mol. The number of hydrogen-bond acceptors (Lipinski definition) is 4. The number of carbonyl (C=O) groups excluding carboxylic acids is 1. The third-order valence-electron chi connectivity index (χ3n) is 2.90. The quantitative estimate of drug-likeness (QED) is 0.879. The van der Waals surface area contributed by atoms with Gasteiger partial charge in [-0.3, -0.25) is 4.79 Å². The van der Waals surface area contributed by atoms with Crippen LogP contribution in [0.2, 0.25) is 0 Å². The Morgan fingerprint density at radius 3 is 3.16 bits per heavy atom. The number of hydrogen-bond donors (Lipinski definition) is 2. The Kier molecular flexibility index (Phi) is 5.69. The number of nitrogens with one attached hydrogen (secondary N) is 2. The second kappa shape index (κ2) is 7.28. The van der Waals surface area contributed by atoms with Crippen LogP contribution < -0.4 is 10.6 Å². The summed E-state index contributed by atoms with van der Waals surface area (Å²) in [7, 11) is 1.64. The van der Waals surface area contributed by atoms with Crippen LogP contribution in [-0.2, 0) is 16.1 Å². The molecule has 0 bridgehead atoms. The van der Waals surface area contributed by atoms with Gasteiger partial charge in [0.2, 0.25) is 5.91 Å². The van der Waals surface area contributed by atoms with Gasteiger partial charge in [-0.1, -0.05) is 22.0 Å². The van der Waals surface area contributed by atoms with Gasteiger partial charge in [-0.2, -0.15) is 11.8 Å². The fourth-order valence-electron chi connectivity index (χ4n) is 1.92. The smallest absolute Gasteiger partial charge is 0.242 e. The molecule has 1 aliphatic heterocycles. The maximum atomic E-state index is 12.2. The van der Waals surface area contributed by atoms with Gasteiger partial charge in [0.25, 0.3) is 0 Å². The molecule has 1 fully saturated rings. The Morgan fingerprint density at radius 1 is 1.63 bits per heavy atom. The molecule has 0 aromatic heterocycles. The molecule has 1 atom stereocenters. The first kappa shape index (κ1) is 14.8. The normalized spacial score (nSPS) is 19.2. The third-order valence-corrected chi connectivity index (χ3v) is 4.71. The van der Waals surface area contributed by atoms with E-state index in [-0.39, 0.29) is 11.9 Å². The second-order valence-corrected chi connectivity index (χ2v) is 6.27. The molecule has 1 aliphatic rings. The average molecular weight is 345 g/mol. The van der Waals surface area contributed by atoms with E-state index in [4.69, 9.17) is 4.74 Å². The van der Waals surface area contributed by atoms with Crippen molar-refractivity contribution in [2.75, 3.05) is 30.5 Å². The van der Waals surface area contributed by atoms with Crippen LogP contribution in [0.25, 0.3) is 0 Å². The third kappa shape index (κ3) is 3.95. The molecular weight excluding hydrogens is 328 g/mol. The van der Waals surface area contributed by atoms with Crippen LogP contribution in [0, 0.1) is 0 Å². The number of halogens is 1. The first-order valence-electron chi connectivity index (χ1n) is 6.10. The van der Waals surface area contributed by atoms with Crippen molar-refractivity contribution in [1.82, 2.24) is 5.32 Å². The van der Waals surface area contributed by atoms with E-state index in [1.807, 2.05) is 18.2 Å². The van der Waals surface area contributed by atoms with Gasteiger partial charge in [0.05, 0.1) is 12.6 Å². The Labute approximate surface area is 125 Å². The van der Waals surface area contributed by atoms with Crippen molar-refractivity contribution in [1.29, 1.82) is 0 Å². The van der Waals surface area contributed by atoms with Crippen LogP contribution in [-0.4, -0.2) is 37.1 Å². The lowest BCUT2D eigenvalue weighted by Crippen LogP contribution is -2.46. The van der Waals surface area contributed by atoms with Gasteiger partial charge in [0, 0.05) is 40.9 Å². The first-order chi connectivity index (χ1) is 9.22. The summed E-state index contributed by atoms with van der Waals surface area (Å²) in [6.07, 6.45) is 0. The van der Waals surface area contributed by atoms with E-state index in [0.717, 1.165) is 33.8 Å². The number of benzene rings is 1. The molecule has 0 aliphatic carbocycles. The highest BCUT2D eigenvalue weighted by Gasteiger charge is 2.21. The molecule has 1 saturated heterocycles. The highest BCUT2D eigenvalue weighted by Crippen LogP contribution is 2.26. The van der Waals surface area contributed by atoms with Crippen LogP contribution in [0.1, 0.15) is 5.56 Å². The molecule has 0 spiro atoms. The average Bonchev–Trinajstić information content (AvgIpc) is 2.43. The lowest BCUT2D eigenvalue weighted by Gasteiger charge is -2.23. The van der Waals surface area contributed by atoms with Crippen molar-refractivity contribution in [3.63, 3.8) is 0 Å². The van der Waals surface area contributed by atoms with Gasteiger partial charge in [-0.25, -0.2) is 0 Å². The van der Waals surface area contributed by atoms with E-state index in [0.29, 0.717) is 6.61 Å². The lowest BCUT2D eigenvalue weighted by atomic mass is 10.1. The molecule has 0 radical (unpaired) electrons. The van der Waals surface area contributed by atoms with Crippen molar-refractivity contribution < 1.29 is 9.53 Å². The maximum absolute atomic E-state index is 12.2. The van der Waals surface area contributed by atoms with Crippen LogP contribution in [0.5, 0.6) is 0 Å². The summed E-state index contributed by atoms with van der Waals surface area (Å²) < 4.78 is 6.12. The zero-order chi connectivity index (χ0) is 13.7. The van der Waals surface area contributed by atoms with E-state index < -0.39 is 0 Å². The summed E-state index contributed by atoms with van der Waals surface area (Å²) in [6, 6.07) is 5.63. The zero-order valence-corrected chi connectivity index (χ0v) is 13.1. The molecule has 1 heterocycles. The summed E-state index contributed by atoms with van der Waals surface area (Å²) in [5.41, 5.74) is 1.76. The van der Waals surface area contributed by atoms with Gasteiger partial charge >= 0.3 is 0 Å². The molecule has 2 rings (SSSR count). The Balaban J connectivity index is 2.09. The number of amides is 1. The number of ether oxygens (including phenoxy) is 1. The lowest BCUT2D eigenvalue weighted by molar-refractivity contribution is -0.117. The van der Waals surface area contributed by atoms with E-state index in [9.17, 15) is 4.79 Å². The van der Waals surface area contributed by atoms with Crippen molar-refractivity contribution >= 4 is 39.3 Å². The Hall–Kier alpha value is -0.560. The predicted octanol–water partition coefficient (Wildman–Crippen LogP) is 2.24. The topological polar surface area (TPSA) is 50.4 Å². The van der Waals surface area contributed by atoms with E-state index in [1.165, 1.54) is 0 Å². The molecule has 104 valence electrons. The van der Waals surface area contributed by atoms with E-state index in [2.05, 4.69) is 26.6 Å². The Bertz CT molecular complexity index is 450. The number of anilines is 1. The van der Waals surface area contributed by atoms with E-state index in [1.54, 1.807) is 18.9 Å². The molecule has 1 aromatic rings. The monoisotopic (exact) mass is 344 g/mol. The summed E-state index contributed by atoms with van der Waals surface area (Å²) in [5.74, 6) is 1.90. The fraction of sp³-hybridized carbons (Fsp3) is 0.462. The standard InChI is InChI=1S/C13H17BrN2O2S/c1-18-7-9-10(14)3-2-4-11(9)16-13(17)12-8-19-6-5-15-12/h2-4,12,15H,5-8H2,1H3,(H,16,17). The van der Waals surface area contributed by atoms with Crippen LogP contribution in [0.3, 0.4) is 0 Å². The minimum absolute atomic E-state index is 0.0163. The molecule has 1 amide bonds. The molecule has 0 saturated carbocycles. The van der Waals surface area contributed by atoms with Gasteiger partial charge in [0.15, 0.2) is 0 Å². The highest BCUT2D eigenvalue weighted by molar-refractivity contribution is 9.10. The molecule has 6 heteroatoms. The number of methoxy groups -OCH3 is 1. The first-order valence-corrected chi connectivity index (χ1v) is 8.05. The molecular formula is C13H17BrN2O2S. The SMILES string of the molecule is COCc1c(Br)cccc1NC(=O)C1CSCCN1.